The summed E-state index contributed by atoms with van der Waals surface area (Å²) < 4.78 is 1.51. The summed E-state index contributed by atoms with van der Waals surface area (Å²) in [6.45, 7) is 4.25. The predicted molar refractivity (Wildman–Crippen MR) is 117 cm³/mol. The summed E-state index contributed by atoms with van der Waals surface area (Å²) in [4.78, 5) is 0. The fourth-order valence-electron chi connectivity index (χ4n) is 4.13. The van der Waals surface area contributed by atoms with Gasteiger partial charge in [-0.3, -0.25) is 6.08 Å². The van der Waals surface area contributed by atoms with Crippen molar-refractivity contribution in [2.45, 2.75) is 58.8 Å². The van der Waals surface area contributed by atoms with Gasteiger partial charge in [-0.15, -0.1) is 12.0 Å². The van der Waals surface area contributed by atoms with Crippen LogP contribution in [-0.2, 0) is 30.7 Å². The van der Waals surface area contributed by atoms with Crippen molar-refractivity contribution in [3.63, 3.8) is 0 Å². The standard InChI is InChI=1S/C13H9.C11H15.C3H6.2ClH.Zr/c1-3-7-12-10(5-1)9-11-6-2-4-8-13(11)12;1-2-6-10(7-3-1)11-8-4-5-9-11;1-3-2;;;/h1-5,7-8H,9H2;8-10H,1-4,6-7H2;1-2H3;2*1H;/q2*-1;;;;+2/p-2. The third-order valence-electron chi connectivity index (χ3n) is 5.42. The molecule has 5 rings (SSSR count). The Hall–Kier alpha value is -0.747. The van der Waals surface area contributed by atoms with Gasteiger partial charge in [0.1, 0.15) is 0 Å². The predicted octanol–water partition coefficient (Wildman–Crippen LogP) is 1.07. The molecule has 1 saturated carbocycles. The van der Waals surface area contributed by atoms with Crippen LogP contribution in [0.3, 0.4) is 0 Å². The summed E-state index contributed by atoms with van der Waals surface area (Å²) in [5.74, 6) is 0.888. The van der Waals surface area contributed by atoms with Crippen LogP contribution in [0.2, 0.25) is 0 Å². The minimum atomic E-state index is 0. The summed E-state index contributed by atoms with van der Waals surface area (Å²) in [5, 5.41) is 0. The van der Waals surface area contributed by atoms with Gasteiger partial charge in [0.2, 0.25) is 0 Å². The van der Waals surface area contributed by atoms with Gasteiger partial charge >= 0.3 is 41.3 Å². The van der Waals surface area contributed by atoms with Crippen LogP contribution in [0.15, 0.2) is 60.2 Å². The van der Waals surface area contributed by atoms with Crippen LogP contribution in [-0.4, -0.2) is 3.21 Å². The van der Waals surface area contributed by atoms with Crippen molar-refractivity contribution in [3.05, 3.63) is 83.5 Å². The molecule has 0 radical (unpaired) electrons. The maximum atomic E-state index is 3.30. The summed E-state index contributed by atoms with van der Waals surface area (Å²) in [7, 11) is 0. The summed E-state index contributed by atoms with van der Waals surface area (Å²) >= 11 is 1.55. The molecule has 0 unspecified atom stereocenters. The first kappa shape index (κ1) is 27.3. The zero-order chi connectivity index (χ0) is 19.8. The fraction of sp³-hybridized carbons (Fsp3) is 0.370. The average Bonchev–Trinajstić information content (AvgIpc) is 3.37. The van der Waals surface area contributed by atoms with Gasteiger partial charge < -0.3 is 24.8 Å². The van der Waals surface area contributed by atoms with Gasteiger partial charge in [-0.25, -0.2) is 6.08 Å². The molecular formula is C27H30Cl2Zr-2. The first-order chi connectivity index (χ1) is 13.6. The van der Waals surface area contributed by atoms with Crippen molar-refractivity contribution in [1.82, 2.24) is 0 Å². The van der Waals surface area contributed by atoms with Crippen molar-refractivity contribution >= 4 is 3.21 Å². The molecule has 3 aliphatic rings. The van der Waals surface area contributed by atoms with E-state index >= 15 is 0 Å². The van der Waals surface area contributed by atoms with Crippen LogP contribution in [0.5, 0.6) is 0 Å². The van der Waals surface area contributed by atoms with Crippen LogP contribution >= 0.6 is 0 Å². The average molecular weight is 517 g/mol. The van der Waals surface area contributed by atoms with E-state index in [9.17, 15) is 0 Å². The molecule has 0 amide bonds. The molecule has 0 aromatic heterocycles. The molecule has 0 aliphatic heterocycles. The summed E-state index contributed by atoms with van der Waals surface area (Å²) in [6, 6.07) is 18.1. The van der Waals surface area contributed by atoms with E-state index in [4.69, 9.17) is 0 Å². The molecule has 158 valence electrons. The molecule has 0 spiro atoms. The van der Waals surface area contributed by atoms with E-state index in [0.29, 0.717) is 0 Å². The molecule has 0 N–H and O–H groups in total. The third kappa shape index (κ3) is 8.07. The van der Waals surface area contributed by atoms with Crippen molar-refractivity contribution in [2.75, 3.05) is 0 Å². The molecule has 1 fully saturated rings. The van der Waals surface area contributed by atoms with Crippen molar-refractivity contribution < 1.29 is 49.0 Å². The number of fused-ring (bicyclic) bond motifs is 3. The second-order valence-electron chi connectivity index (χ2n) is 7.99. The van der Waals surface area contributed by atoms with Crippen LogP contribution in [0.25, 0.3) is 11.1 Å². The first-order valence-electron chi connectivity index (χ1n) is 10.5. The fourth-order valence-corrected chi connectivity index (χ4v) is 4.13. The van der Waals surface area contributed by atoms with E-state index in [1.807, 2.05) is 6.07 Å². The zero-order valence-electron chi connectivity index (χ0n) is 18.0. The van der Waals surface area contributed by atoms with Crippen LogP contribution in [0, 0.1) is 18.1 Å². The van der Waals surface area contributed by atoms with Crippen LogP contribution < -0.4 is 24.8 Å². The van der Waals surface area contributed by atoms with E-state index in [2.05, 4.69) is 74.5 Å². The van der Waals surface area contributed by atoms with Crippen LogP contribution in [0.4, 0.5) is 0 Å². The van der Waals surface area contributed by atoms with E-state index in [-0.39, 0.29) is 24.8 Å². The third-order valence-corrected chi connectivity index (χ3v) is 5.42. The van der Waals surface area contributed by atoms with Crippen molar-refractivity contribution in [3.8, 4) is 11.1 Å². The molecule has 2 aromatic carbocycles. The Morgan fingerprint density at radius 3 is 2.27 bits per heavy atom. The van der Waals surface area contributed by atoms with Crippen LogP contribution in [0.1, 0.15) is 63.5 Å². The number of rotatable bonds is 1. The Bertz CT molecular complexity index is 813. The molecule has 0 atom stereocenters. The van der Waals surface area contributed by atoms with E-state index in [1.54, 1.807) is 29.8 Å². The second kappa shape index (κ2) is 14.3. The monoisotopic (exact) mass is 514 g/mol. The quantitative estimate of drug-likeness (QED) is 0.425. The topological polar surface area (TPSA) is 0 Å². The Morgan fingerprint density at radius 2 is 1.60 bits per heavy atom. The SMILES string of the molecule is C[C](C)=[Zr+2].[C-]1=CC(C2CCCCC2)=CC1.[Cl-].[Cl-].[c-]1cccc2c1Cc1ccccc1-2. The maximum absolute atomic E-state index is 3.30. The molecule has 3 heteroatoms. The van der Waals surface area contributed by atoms with Gasteiger partial charge in [0.25, 0.3) is 0 Å². The molecule has 0 saturated heterocycles. The Labute approximate surface area is 210 Å². The number of hydrogen-bond acceptors (Lipinski definition) is 0. The second-order valence-corrected chi connectivity index (χ2v) is 10.4. The Kier molecular flexibility index (Phi) is 13.0. The minimum absolute atomic E-state index is 0. The number of benzene rings is 2. The maximum Gasteiger partial charge on any atom is -0.0253 e. The zero-order valence-corrected chi connectivity index (χ0v) is 21.9. The smallest absolute Gasteiger partial charge is 0.0253 e. The number of hydrogen-bond donors (Lipinski definition) is 0. The molecule has 0 nitrogen and oxygen atoms in total. The number of halogens is 2. The minimum Gasteiger partial charge on any atom is -1.00 e. The molecule has 30 heavy (non-hydrogen) atoms. The molecule has 0 heterocycles. The van der Waals surface area contributed by atoms with E-state index < -0.39 is 0 Å². The summed E-state index contributed by atoms with van der Waals surface area (Å²) in [6.07, 6.45) is 17.1. The largest absolute Gasteiger partial charge is 1.00 e. The van der Waals surface area contributed by atoms with Gasteiger partial charge in [-0.1, -0.05) is 73.4 Å². The first-order valence-corrected chi connectivity index (χ1v) is 11.7. The van der Waals surface area contributed by atoms with Gasteiger partial charge in [0.05, 0.1) is 0 Å². The molecule has 0 bridgehead atoms. The Morgan fingerprint density at radius 1 is 0.933 bits per heavy atom. The van der Waals surface area contributed by atoms with E-state index in [0.717, 1.165) is 18.8 Å². The number of allylic oxidation sites excluding steroid dienone is 4. The molecular weight excluding hydrogens is 486 g/mol. The van der Waals surface area contributed by atoms with E-state index in [1.165, 1.54) is 57.6 Å². The van der Waals surface area contributed by atoms with Crippen molar-refractivity contribution in [1.29, 1.82) is 0 Å². The van der Waals surface area contributed by atoms with Gasteiger partial charge in [-0.05, 0) is 6.42 Å². The molecule has 3 aliphatic carbocycles. The van der Waals surface area contributed by atoms with Gasteiger partial charge in [-0.2, -0.15) is 41.5 Å². The van der Waals surface area contributed by atoms with Gasteiger partial charge in [0.15, 0.2) is 0 Å². The van der Waals surface area contributed by atoms with Gasteiger partial charge in [0, 0.05) is 0 Å². The summed E-state index contributed by atoms with van der Waals surface area (Å²) in [5.41, 5.74) is 7.08. The normalized spacial score (nSPS) is 15.7. The Balaban J connectivity index is 0.000000244. The molecule has 2 aromatic rings. The van der Waals surface area contributed by atoms with Crippen molar-refractivity contribution in [2.24, 2.45) is 5.92 Å².